The first-order valence-electron chi connectivity index (χ1n) is 9.84. The van der Waals surface area contributed by atoms with E-state index < -0.39 is 15.9 Å². The molecule has 0 bridgehead atoms. The summed E-state index contributed by atoms with van der Waals surface area (Å²) in [6.45, 7) is 4.01. The van der Waals surface area contributed by atoms with E-state index in [4.69, 9.17) is 0 Å². The number of nitrogens with zero attached hydrogens (tertiary/aromatic N) is 1. The van der Waals surface area contributed by atoms with E-state index in [2.05, 4.69) is 10.3 Å². The summed E-state index contributed by atoms with van der Waals surface area (Å²) >= 11 is 0. The minimum Gasteiger partial charge on any atom is -0.361 e. The molecule has 0 atom stereocenters. The number of aromatic nitrogens is 2. The second-order valence-electron chi connectivity index (χ2n) is 7.82. The maximum Gasteiger partial charge on any atom is 0.267 e. The molecule has 0 unspecified atom stereocenters. The van der Waals surface area contributed by atoms with Crippen LogP contribution < -0.4 is 5.32 Å². The van der Waals surface area contributed by atoms with Crippen molar-refractivity contribution >= 4 is 32.5 Å². The predicted molar refractivity (Wildman–Crippen MR) is 118 cm³/mol. The van der Waals surface area contributed by atoms with Crippen LogP contribution in [0.2, 0.25) is 0 Å². The van der Waals surface area contributed by atoms with Crippen molar-refractivity contribution in [1.29, 1.82) is 0 Å². The summed E-state index contributed by atoms with van der Waals surface area (Å²) in [6, 6.07) is 12.5. The third-order valence-corrected chi connectivity index (χ3v) is 6.60. The molecule has 4 rings (SSSR count). The number of amides is 1. The van der Waals surface area contributed by atoms with E-state index in [1.807, 2.05) is 13.8 Å². The first kappa shape index (κ1) is 20.9. The van der Waals surface area contributed by atoms with Crippen LogP contribution in [0.3, 0.4) is 0 Å². The number of anilines is 1. The number of fused-ring (bicyclic) bond motifs is 1. The average Bonchev–Trinajstić information content (AvgIpc) is 3.39. The maximum atomic E-state index is 14.3. The molecule has 0 saturated heterocycles. The highest BCUT2D eigenvalue weighted by molar-refractivity contribution is 7.90. The molecule has 0 aliphatic rings. The summed E-state index contributed by atoms with van der Waals surface area (Å²) in [5.74, 6) is -0.590. The zero-order valence-electron chi connectivity index (χ0n) is 17.1. The second kappa shape index (κ2) is 8.03. The minimum atomic E-state index is -3.86. The Hall–Kier alpha value is -3.39. The smallest absolute Gasteiger partial charge is 0.267 e. The van der Waals surface area contributed by atoms with Crippen molar-refractivity contribution in [2.75, 3.05) is 5.32 Å². The third kappa shape index (κ3) is 4.25. The van der Waals surface area contributed by atoms with Gasteiger partial charge in [-0.25, -0.2) is 16.8 Å². The molecule has 160 valence electrons. The van der Waals surface area contributed by atoms with Crippen molar-refractivity contribution < 1.29 is 17.6 Å². The molecular weight excluding hydrogens is 417 g/mol. The van der Waals surface area contributed by atoms with Crippen molar-refractivity contribution in [3.8, 4) is 0 Å². The lowest BCUT2D eigenvalue weighted by molar-refractivity contribution is 0.102. The fourth-order valence-electron chi connectivity index (χ4n) is 3.41. The van der Waals surface area contributed by atoms with E-state index in [0.29, 0.717) is 23.6 Å². The van der Waals surface area contributed by atoms with E-state index in [-0.39, 0.29) is 16.3 Å². The van der Waals surface area contributed by atoms with E-state index in [9.17, 15) is 17.6 Å². The molecule has 0 saturated carbocycles. The van der Waals surface area contributed by atoms with Crippen molar-refractivity contribution in [3.63, 3.8) is 0 Å². The minimum absolute atomic E-state index is 0.116. The average molecular weight is 440 g/mol. The molecule has 2 N–H and O–H groups in total. The van der Waals surface area contributed by atoms with Gasteiger partial charge in [0.1, 0.15) is 5.82 Å². The summed E-state index contributed by atoms with van der Waals surface area (Å²) in [7, 11) is -3.86. The number of benzene rings is 2. The molecule has 0 aliphatic carbocycles. The van der Waals surface area contributed by atoms with Gasteiger partial charge < -0.3 is 10.3 Å². The van der Waals surface area contributed by atoms with Crippen LogP contribution >= 0.6 is 0 Å². The van der Waals surface area contributed by atoms with Crippen LogP contribution in [-0.4, -0.2) is 23.3 Å². The second-order valence-corrected chi connectivity index (χ2v) is 9.66. The highest BCUT2D eigenvalue weighted by atomic mass is 32.2. The first-order valence-corrected chi connectivity index (χ1v) is 11.3. The van der Waals surface area contributed by atoms with Crippen LogP contribution in [-0.2, 0) is 16.4 Å². The molecule has 1 amide bonds. The Balaban J connectivity index is 1.54. The number of aromatic amines is 1. The van der Waals surface area contributed by atoms with E-state index >= 15 is 0 Å². The Bertz CT molecular complexity index is 1370. The maximum absolute atomic E-state index is 14.3. The van der Waals surface area contributed by atoms with Gasteiger partial charge in [-0.2, -0.15) is 0 Å². The molecular formula is C23H22FN3O3S. The Morgan fingerprint density at radius 2 is 1.94 bits per heavy atom. The Kier molecular flexibility index (Phi) is 5.41. The number of carbonyl (C=O) groups excluding carboxylic acids is 1. The number of nitrogens with one attached hydrogen (secondary N) is 2. The molecule has 0 fully saturated rings. The van der Waals surface area contributed by atoms with Crippen LogP contribution in [0, 0.1) is 11.7 Å². The Morgan fingerprint density at radius 1 is 1.13 bits per heavy atom. The highest BCUT2D eigenvalue weighted by Crippen LogP contribution is 2.22. The number of hydrogen-bond donors (Lipinski definition) is 2. The van der Waals surface area contributed by atoms with Gasteiger partial charge in [-0.3, -0.25) is 4.79 Å². The van der Waals surface area contributed by atoms with Gasteiger partial charge in [-0.1, -0.05) is 19.9 Å². The third-order valence-electron chi connectivity index (χ3n) is 4.97. The molecule has 6 nitrogen and oxygen atoms in total. The molecule has 31 heavy (non-hydrogen) atoms. The van der Waals surface area contributed by atoms with Gasteiger partial charge in [-0.15, -0.1) is 0 Å². The predicted octanol–water partition coefficient (Wildman–Crippen LogP) is 4.80. The van der Waals surface area contributed by atoms with Gasteiger partial charge in [0.2, 0.25) is 0 Å². The monoisotopic (exact) mass is 439 g/mol. The van der Waals surface area contributed by atoms with Crippen LogP contribution in [0.5, 0.6) is 0 Å². The van der Waals surface area contributed by atoms with Crippen LogP contribution in [0.25, 0.3) is 10.9 Å². The summed E-state index contributed by atoms with van der Waals surface area (Å²) < 4.78 is 41.1. The molecule has 8 heteroatoms. The summed E-state index contributed by atoms with van der Waals surface area (Å²) in [4.78, 5) is 15.7. The number of H-pyrrole nitrogens is 1. The van der Waals surface area contributed by atoms with Gasteiger partial charge in [0.05, 0.1) is 10.5 Å². The fraction of sp³-hybridized carbons (Fsp3) is 0.174. The van der Waals surface area contributed by atoms with Gasteiger partial charge in [-0.05, 0) is 60.4 Å². The van der Waals surface area contributed by atoms with Gasteiger partial charge in [0.15, 0.2) is 0 Å². The Labute approximate surface area is 179 Å². The Morgan fingerprint density at radius 3 is 2.68 bits per heavy atom. The van der Waals surface area contributed by atoms with Crippen molar-refractivity contribution in [1.82, 2.24) is 8.96 Å². The molecule has 0 spiro atoms. The lowest BCUT2D eigenvalue weighted by Gasteiger charge is -2.09. The summed E-state index contributed by atoms with van der Waals surface area (Å²) in [5.41, 5.74) is 1.88. The standard InChI is InChI=1S/C23H22FN3O3S/c1-15(2)11-16-3-4-19(13-21(16)24)26-23(28)18-8-10-27(14-18)31(29,30)20-5-6-22-17(12-20)7-9-25-22/h3-10,12-15,25H,11H2,1-2H3,(H,26,28). The van der Waals surface area contributed by atoms with Gasteiger partial charge >= 0.3 is 0 Å². The molecule has 2 aromatic heterocycles. The van der Waals surface area contributed by atoms with Crippen molar-refractivity contribution in [3.05, 3.63) is 84.1 Å². The van der Waals surface area contributed by atoms with Crippen molar-refractivity contribution in [2.45, 2.75) is 25.2 Å². The summed E-state index contributed by atoms with van der Waals surface area (Å²) in [6.07, 6.45) is 4.90. The number of halogens is 1. The van der Waals surface area contributed by atoms with Crippen LogP contribution in [0.4, 0.5) is 10.1 Å². The normalized spacial score (nSPS) is 11.9. The van der Waals surface area contributed by atoms with Crippen molar-refractivity contribution in [2.24, 2.45) is 5.92 Å². The van der Waals surface area contributed by atoms with E-state index in [1.54, 1.807) is 36.5 Å². The molecule has 0 radical (unpaired) electrons. The fourth-order valence-corrected chi connectivity index (χ4v) is 4.64. The zero-order chi connectivity index (χ0) is 22.2. The topological polar surface area (TPSA) is 84.0 Å². The zero-order valence-corrected chi connectivity index (χ0v) is 17.9. The number of hydrogen-bond acceptors (Lipinski definition) is 3. The molecule has 0 aliphatic heterocycles. The molecule has 2 aromatic carbocycles. The van der Waals surface area contributed by atoms with E-state index in [1.165, 1.54) is 30.6 Å². The largest absolute Gasteiger partial charge is 0.361 e. The lowest BCUT2D eigenvalue weighted by atomic mass is 10.0. The van der Waals surface area contributed by atoms with E-state index in [0.717, 1.165) is 14.9 Å². The molecule has 4 aromatic rings. The highest BCUT2D eigenvalue weighted by Gasteiger charge is 2.19. The first-order chi connectivity index (χ1) is 14.7. The SMILES string of the molecule is CC(C)Cc1ccc(NC(=O)c2ccn(S(=O)(=O)c3ccc4[nH]ccc4c3)c2)cc1F. The lowest BCUT2D eigenvalue weighted by Crippen LogP contribution is -2.13. The van der Waals surface area contributed by atoms with Crippen LogP contribution in [0.1, 0.15) is 29.8 Å². The van der Waals surface area contributed by atoms with Crippen LogP contribution in [0.15, 0.2) is 72.0 Å². The quantitative estimate of drug-likeness (QED) is 0.453. The van der Waals surface area contributed by atoms with Gasteiger partial charge in [0.25, 0.3) is 15.9 Å². The number of rotatable bonds is 6. The molecule has 2 heterocycles. The summed E-state index contributed by atoms with van der Waals surface area (Å²) in [5, 5.41) is 3.39. The number of carbonyl (C=O) groups is 1. The van der Waals surface area contributed by atoms with Gasteiger partial charge in [0, 0.05) is 35.2 Å².